The van der Waals surface area contributed by atoms with E-state index in [0.717, 1.165) is 45.4 Å². The van der Waals surface area contributed by atoms with Gasteiger partial charge in [-0.2, -0.15) is 0 Å². The molecule has 0 aliphatic carbocycles. The summed E-state index contributed by atoms with van der Waals surface area (Å²) in [5.74, 6) is 2.59. The van der Waals surface area contributed by atoms with Crippen molar-refractivity contribution in [2.75, 3.05) is 17.7 Å². The molecule has 4 nitrogen and oxygen atoms in total. The van der Waals surface area contributed by atoms with Gasteiger partial charge in [-0.15, -0.1) is 11.8 Å². The zero-order valence-electron chi connectivity index (χ0n) is 14.4. The molecule has 1 unspecified atom stereocenters. The average Bonchev–Trinajstić information content (AvgIpc) is 2.74. The maximum absolute atomic E-state index is 11.8. The van der Waals surface area contributed by atoms with E-state index in [9.17, 15) is 4.79 Å². The molecule has 2 heterocycles. The Bertz CT molecular complexity index is 834. The lowest BCUT2D eigenvalue weighted by molar-refractivity contribution is -0.115. The van der Waals surface area contributed by atoms with Crippen LogP contribution in [0, 0.1) is 13.8 Å². The minimum atomic E-state index is -0.0270. The van der Waals surface area contributed by atoms with Crippen molar-refractivity contribution in [3.05, 3.63) is 47.0 Å². The Kier molecular flexibility index (Phi) is 4.34. The number of nitrogens with one attached hydrogen (secondary N) is 1. The highest BCUT2D eigenvalue weighted by molar-refractivity contribution is 7.99. The molecule has 2 aliphatic heterocycles. The van der Waals surface area contributed by atoms with Gasteiger partial charge >= 0.3 is 0 Å². The lowest BCUT2D eigenvalue weighted by Crippen LogP contribution is -2.31. The number of hydrogen-bond donors (Lipinski definition) is 1. The smallest absolute Gasteiger partial charge is 0.225 e. The Morgan fingerprint density at radius 2 is 2.12 bits per heavy atom. The van der Waals surface area contributed by atoms with E-state index in [4.69, 9.17) is 9.47 Å². The minimum Gasteiger partial charge on any atom is -0.486 e. The Hall–Kier alpha value is -2.14. The molecule has 0 aromatic heterocycles. The molecular weight excluding hydrogens is 334 g/mol. The van der Waals surface area contributed by atoms with Crippen molar-refractivity contribution in [3.8, 4) is 11.5 Å². The van der Waals surface area contributed by atoms with Crippen LogP contribution in [0.1, 0.15) is 23.1 Å². The number of carbonyl (C=O) groups is 1. The van der Waals surface area contributed by atoms with Gasteiger partial charge in [0.15, 0.2) is 11.5 Å². The fraction of sp³-hybridized carbons (Fsp3) is 0.350. The standard InChI is InChI=1S/C20H21NO3S/c1-12-7-13(2)20-17(8-12)24-15(11-23-20)9-14-3-4-18-16(10-14)21-19(22)5-6-25-18/h3-4,7-8,10,15H,5-6,9,11H2,1-2H3,(H,21,22). The minimum absolute atomic E-state index is 0.0270. The summed E-state index contributed by atoms with van der Waals surface area (Å²) < 4.78 is 12.1. The van der Waals surface area contributed by atoms with Gasteiger partial charge in [0.1, 0.15) is 12.7 Å². The maximum Gasteiger partial charge on any atom is 0.225 e. The van der Waals surface area contributed by atoms with Crippen molar-refractivity contribution in [1.29, 1.82) is 0 Å². The highest BCUT2D eigenvalue weighted by Crippen LogP contribution is 2.37. The number of anilines is 1. The average molecular weight is 355 g/mol. The zero-order valence-corrected chi connectivity index (χ0v) is 15.2. The molecule has 0 spiro atoms. The van der Waals surface area contributed by atoms with E-state index in [2.05, 4.69) is 36.5 Å². The molecule has 2 aliphatic rings. The number of benzene rings is 2. The van der Waals surface area contributed by atoms with Crippen LogP contribution >= 0.6 is 11.8 Å². The second kappa shape index (κ2) is 6.64. The number of fused-ring (bicyclic) bond motifs is 2. The van der Waals surface area contributed by atoms with Crippen LogP contribution in [0.5, 0.6) is 11.5 Å². The SMILES string of the molecule is Cc1cc(C)c2c(c1)OC(Cc1ccc3c(c1)NC(=O)CCS3)CO2. The topological polar surface area (TPSA) is 47.6 Å². The Morgan fingerprint density at radius 3 is 3.00 bits per heavy atom. The zero-order chi connectivity index (χ0) is 17.4. The summed E-state index contributed by atoms with van der Waals surface area (Å²) in [7, 11) is 0. The van der Waals surface area contributed by atoms with Gasteiger partial charge in [-0.25, -0.2) is 0 Å². The maximum atomic E-state index is 11.8. The van der Waals surface area contributed by atoms with Crippen LogP contribution < -0.4 is 14.8 Å². The molecule has 0 fully saturated rings. The lowest BCUT2D eigenvalue weighted by atomic mass is 10.1. The third-order valence-electron chi connectivity index (χ3n) is 4.46. The highest BCUT2D eigenvalue weighted by Gasteiger charge is 2.23. The molecule has 1 N–H and O–H groups in total. The van der Waals surface area contributed by atoms with Gasteiger partial charge in [0.25, 0.3) is 0 Å². The Morgan fingerprint density at radius 1 is 1.24 bits per heavy atom. The molecule has 1 atom stereocenters. The van der Waals surface area contributed by atoms with Crippen LogP contribution in [-0.4, -0.2) is 24.4 Å². The van der Waals surface area contributed by atoms with Gasteiger partial charge in [-0.05, 0) is 48.7 Å². The van der Waals surface area contributed by atoms with E-state index in [1.807, 2.05) is 13.0 Å². The first-order valence-electron chi connectivity index (χ1n) is 8.55. The first-order valence-corrected chi connectivity index (χ1v) is 9.53. The number of rotatable bonds is 2. The molecule has 5 heteroatoms. The van der Waals surface area contributed by atoms with Crippen molar-refractivity contribution < 1.29 is 14.3 Å². The van der Waals surface area contributed by atoms with E-state index >= 15 is 0 Å². The molecule has 130 valence electrons. The Balaban J connectivity index is 1.52. The van der Waals surface area contributed by atoms with Crippen LogP contribution in [0.25, 0.3) is 0 Å². The number of ether oxygens (including phenoxy) is 2. The number of thioether (sulfide) groups is 1. The van der Waals surface area contributed by atoms with E-state index in [-0.39, 0.29) is 12.0 Å². The van der Waals surface area contributed by atoms with Gasteiger partial charge in [-0.1, -0.05) is 12.1 Å². The van der Waals surface area contributed by atoms with Crippen LogP contribution in [0.3, 0.4) is 0 Å². The molecular formula is C20H21NO3S. The number of carbonyl (C=O) groups excluding carboxylic acids is 1. The monoisotopic (exact) mass is 355 g/mol. The third kappa shape index (κ3) is 3.47. The first kappa shape index (κ1) is 16.3. The van der Waals surface area contributed by atoms with Crippen LogP contribution in [0.2, 0.25) is 0 Å². The molecule has 0 bridgehead atoms. The fourth-order valence-corrected chi connectivity index (χ4v) is 4.27. The van der Waals surface area contributed by atoms with Crippen molar-refractivity contribution >= 4 is 23.4 Å². The van der Waals surface area contributed by atoms with Gasteiger partial charge in [-0.3, -0.25) is 4.79 Å². The lowest BCUT2D eigenvalue weighted by Gasteiger charge is -2.28. The molecule has 25 heavy (non-hydrogen) atoms. The molecule has 0 saturated carbocycles. The predicted octanol–water partition coefficient (Wildman–Crippen LogP) is 4.12. The largest absolute Gasteiger partial charge is 0.486 e. The summed E-state index contributed by atoms with van der Waals surface area (Å²) in [4.78, 5) is 12.9. The van der Waals surface area contributed by atoms with Crippen molar-refractivity contribution in [2.45, 2.75) is 37.7 Å². The molecule has 0 radical (unpaired) electrons. The molecule has 2 aromatic carbocycles. The van der Waals surface area contributed by atoms with E-state index in [1.54, 1.807) is 11.8 Å². The Labute approximate surface area is 151 Å². The summed E-state index contributed by atoms with van der Waals surface area (Å²) in [5.41, 5.74) is 4.33. The summed E-state index contributed by atoms with van der Waals surface area (Å²) in [6.45, 7) is 4.64. The molecule has 4 rings (SSSR count). The van der Waals surface area contributed by atoms with Crippen molar-refractivity contribution in [3.63, 3.8) is 0 Å². The van der Waals surface area contributed by atoms with Crippen LogP contribution in [-0.2, 0) is 11.2 Å². The second-order valence-corrected chi connectivity index (χ2v) is 7.78. The number of hydrogen-bond acceptors (Lipinski definition) is 4. The molecule has 2 aromatic rings. The molecule has 1 amide bonds. The second-order valence-electron chi connectivity index (χ2n) is 6.64. The summed E-state index contributed by atoms with van der Waals surface area (Å²) >= 11 is 1.72. The normalized spacial score (nSPS) is 19.0. The third-order valence-corrected chi connectivity index (χ3v) is 5.54. The number of amides is 1. The quantitative estimate of drug-likeness (QED) is 0.880. The van der Waals surface area contributed by atoms with Gasteiger partial charge in [0, 0.05) is 23.5 Å². The van der Waals surface area contributed by atoms with Crippen LogP contribution in [0.15, 0.2) is 35.2 Å². The van der Waals surface area contributed by atoms with Gasteiger partial charge < -0.3 is 14.8 Å². The van der Waals surface area contributed by atoms with Gasteiger partial charge in [0.2, 0.25) is 5.91 Å². The van der Waals surface area contributed by atoms with E-state index in [0.29, 0.717) is 13.0 Å². The van der Waals surface area contributed by atoms with E-state index < -0.39 is 0 Å². The fourth-order valence-electron chi connectivity index (χ4n) is 3.34. The summed E-state index contributed by atoms with van der Waals surface area (Å²) in [6, 6.07) is 10.4. The predicted molar refractivity (Wildman–Crippen MR) is 99.9 cm³/mol. The molecule has 0 saturated heterocycles. The number of aryl methyl sites for hydroxylation is 2. The summed E-state index contributed by atoms with van der Waals surface area (Å²) in [6.07, 6.45) is 1.28. The highest BCUT2D eigenvalue weighted by atomic mass is 32.2. The van der Waals surface area contributed by atoms with Gasteiger partial charge in [0.05, 0.1) is 5.69 Å². The van der Waals surface area contributed by atoms with Crippen molar-refractivity contribution in [2.24, 2.45) is 0 Å². The van der Waals surface area contributed by atoms with Crippen LogP contribution in [0.4, 0.5) is 5.69 Å². The van der Waals surface area contributed by atoms with E-state index in [1.165, 1.54) is 5.56 Å². The first-order chi connectivity index (χ1) is 12.1. The summed E-state index contributed by atoms with van der Waals surface area (Å²) in [5, 5.41) is 3.00. The van der Waals surface area contributed by atoms with Crippen molar-refractivity contribution in [1.82, 2.24) is 0 Å².